The van der Waals surface area contributed by atoms with Gasteiger partial charge in [0.1, 0.15) is 5.56 Å². The minimum Gasteiger partial charge on any atom is -0.465 e. The number of amides is 1. The minimum absolute atomic E-state index is 0.0512. The maximum absolute atomic E-state index is 12.5. The van der Waals surface area contributed by atoms with Gasteiger partial charge in [0, 0.05) is 5.69 Å². The van der Waals surface area contributed by atoms with Gasteiger partial charge in [0.05, 0.1) is 18.4 Å². The first kappa shape index (κ1) is 16.0. The number of aromatic amines is 1. The average Bonchev–Trinajstić information content (AvgIpc) is 2.60. The Kier molecular flexibility index (Phi) is 4.46. The van der Waals surface area contributed by atoms with Gasteiger partial charge in [-0.2, -0.15) is 0 Å². The van der Waals surface area contributed by atoms with Gasteiger partial charge in [-0.25, -0.2) is 4.79 Å². The van der Waals surface area contributed by atoms with Gasteiger partial charge in [-0.3, -0.25) is 9.59 Å². The number of carbonyl (C=O) groups is 2. The number of carbonyl (C=O) groups excluding carboxylic acids is 2. The zero-order chi connectivity index (χ0) is 17.1. The van der Waals surface area contributed by atoms with Gasteiger partial charge in [0.25, 0.3) is 11.5 Å². The van der Waals surface area contributed by atoms with Crippen molar-refractivity contribution in [2.45, 2.75) is 25.7 Å². The number of hydrogen-bond acceptors (Lipinski definition) is 4. The molecule has 1 aromatic carbocycles. The van der Waals surface area contributed by atoms with Crippen LogP contribution in [0.2, 0.25) is 0 Å². The molecule has 3 rings (SSSR count). The number of pyridine rings is 1. The first-order valence-electron chi connectivity index (χ1n) is 7.84. The molecular formula is C18H18N2O4. The first-order valence-corrected chi connectivity index (χ1v) is 7.84. The van der Waals surface area contributed by atoms with Gasteiger partial charge in [-0.1, -0.05) is 12.1 Å². The molecule has 2 N–H and O–H groups in total. The largest absolute Gasteiger partial charge is 0.465 e. The predicted octanol–water partition coefficient (Wildman–Crippen LogP) is 2.29. The Balaban J connectivity index is 1.91. The van der Waals surface area contributed by atoms with Crippen LogP contribution in [0.1, 0.15) is 44.8 Å². The lowest BCUT2D eigenvalue weighted by atomic mass is 9.95. The Morgan fingerprint density at radius 1 is 1.12 bits per heavy atom. The number of para-hydroxylation sites is 1. The number of rotatable bonds is 3. The summed E-state index contributed by atoms with van der Waals surface area (Å²) in [5.41, 5.74) is 2.11. The predicted molar refractivity (Wildman–Crippen MR) is 89.4 cm³/mol. The van der Waals surface area contributed by atoms with Crippen molar-refractivity contribution in [2.24, 2.45) is 0 Å². The topological polar surface area (TPSA) is 88.3 Å². The monoisotopic (exact) mass is 326 g/mol. The molecule has 6 heteroatoms. The van der Waals surface area contributed by atoms with Crippen LogP contribution in [0.3, 0.4) is 0 Å². The Morgan fingerprint density at radius 2 is 1.88 bits per heavy atom. The Labute approximate surface area is 138 Å². The molecule has 0 saturated carbocycles. The number of hydrogen-bond donors (Lipinski definition) is 2. The molecule has 1 aliphatic carbocycles. The summed E-state index contributed by atoms with van der Waals surface area (Å²) in [7, 11) is 1.27. The summed E-state index contributed by atoms with van der Waals surface area (Å²) >= 11 is 0. The zero-order valence-electron chi connectivity index (χ0n) is 13.3. The molecule has 0 saturated heterocycles. The summed E-state index contributed by atoms with van der Waals surface area (Å²) in [5.74, 6) is -1.09. The van der Waals surface area contributed by atoms with E-state index >= 15 is 0 Å². The fraction of sp³-hybridized carbons (Fsp3) is 0.278. The Bertz CT molecular complexity index is 854. The van der Waals surface area contributed by atoms with Crippen LogP contribution in [-0.4, -0.2) is 24.0 Å². The fourth-order valence-electron chi connectivity index (χ4n) is 2.91. The van der Waals surface area contributed by atoms with E-state index in [9.17, 15) is 14.4 Å². The number of esters is 1. The third kappa shape index (κ3) is 3.08. The van der Waals surface area contributed by atoms with Crippen molar-refractivity contribution in [1.82, 2.24) is 4.98 Å². The molecule has 2 aromatic rings. The number of methoxy groups -OCH3 is 1. The van der Waals surface area contributed by atoms with Crippen LogP contribution < -0.4 is 10.9 Å². The molecule has 0 aliphatic heterocycles. The Hall–Kier alpha value is -2.89. The molecule has 1 aliphatic rings. The number of anilines is 1. The van der Waals surface area contributed by atoms with Crippen molar-refractivity contribution in [1.29, 1.82) is 0 Å². The smallest absolute Gasteiger partial charge is 0.339 e. The highest BCUT2D eigenvalue weighted by atomic mass is 16.5. The number of benzene rings is 1. The van der Waals surface area contributed by atoms with Gasteiger partial charge in [-0.15, -0.1) is 0 Å². The summed E-state index contributed by atoms with van der Waals surface area (Å²) in [4.78, 5) is 39.3. The number of aryl methyl sites for hydroxylation is 2. The molecule has 0 spiro atoms. The molecule has 1 aromatic heterocycles. The van der Waals surface area contributed by atoms with E-state index in [1.54, 1.807) is 30.3 Å². The van der Waals surface area contributed by atoms with Crippen LogP contribution in [0, 0.1) is 0 Å². The van der Waals surface area contributed by atoms with Gasteiger partial charge < -0.3 is 15.0 Å². The minimum atomic E-state index is -0.551. The lowest BCUT2D eigenvalue weighted by Crippen LogP contribution is -2.26. The van der Waals surface area contributed by atoms with Crippen molar-refractivity contribution in [2.75, 3.05) is 12.4 Å². The second kappa shape index (κ2) is 6.70. The summed E-state index contributed by atoms with van der Waals surface area (Å²) in [5, 5.41) is 2.63. The lowest BCUT2D eigenvalue weighted by molar-refractivity contribution is 0.0602. The van der Waals surface area contributed by atoms with Crippen molar-refractivity contribution in [3.63, 3.8) is 0 Å². The number of aromatic nitrogens is 1. The number of H-pyrrole nitrogens is 1. The maximum atomic E-state index is 12.5. The summed E-state index contributed by atoms with van der Waals surface area (Å²) in [6.07, 6.45) is 3.77. The van der Waals surface area contributed by atoms with E-state index < -0.39 is 17.4 Å². The summed E-state index contributed by atoms with van der Waals surface area (Å²) in [6.45, 7) is 0. The molecule has 24 heavy (non-hydrogen) atoms. The van der Waals surface area contributed by atoms with Gasteiger partial charge >= 0.3 is 5.97 Å². The lowest BCUT2D eigenvalue weighted by Gasteiger charge is -2.16. The van der Waals surface area contributed by atoms with Crippen molar-refractivity contribution >= 4 is 17.6 Å². The van der Waals surface area contributed by atoms with Crippen molar-refractivity contribution in [3.8, 4) is 0 Å². The van der Waals surface area contributed by atoms with E-state index in [1.165, 1.54) is 7.11 Å². The summed E-state index contributed by atoms with van der Waals surface area (Å²) in [6, 6.07) is 8.17. The van der Waals surface area contributed by atoms with Crippen molar-refractivity contribution in [3.05, 3.63) is 63.1 Å². The highest BCUT2D eigenvalue weighted by Gasteiger charge is 2.19. The molecule has 0 radical (unpaired) electrons. The summed E-state index contributed by atoms with van der Waals surface area (Å²) < 4.78 is 4.70. The van der Waals surface area contributed by atoms with E-state index in [1.807, 2.05) is 0 Å². The van der Waals surface area contributed by atoms with Crippen LogP contribution in [0.5, 0.6) is 0 Å². The number of fused-ring (bicyclic) bond motifs is 1. The van der Waals surface area contributed by atoms with Gasteiger partial charge in [-0.05, 0) is 49.4 Å². The number of ether oxygens (including phenoxy) is 1. The molecule has 0 bridgehead atoms. The normalized spacial score (nSPS) is 13.0. The van der Waals surface area contributed by atoms with E-state index in [-0.39, 0.29) is 11.1 Å². The maximum Gasteiger partial charge on any atom is 0.339 e. The second-order valence-electron chi connectivity index (χ2n) is 5.71. The van der Waals surface area contributed by atoms with Gasteiger partial charge in [0.15, 0.2) is 0 Å². The fourth-order valence-corrected chi connectivity index (χ4v) is 2.91. The number of nitrogens with one attached hydrogen (secondary N) is 2. The van der Waals surface area contributed by atoms with Crippen LogP contribution >= 0.6 is 0 Å². The molecular weight excluding hydrogens is 308 g/mol. The average molecular weight is 326 g/mol. The molecule has 124 valence electrons. The van der Waals surface area contributed by atoms with Crippen LogP contribution in [0.25, 0.3) is 0 Å². The van der Waals surface area contributed by atoms with E-state index in [4.69, 9.17) is 4.74 Å². The first-order chi connectivity index (χ1) is 11.6. The SMILES string of the molecule is COC(=O)c1ccccc1NC(=O)c1cc2c([nH]c1=O)CCCC2. The van der Waals surface area contributed by atoms with Crippen molar-refractivity contribution < 1.29 is 14.3 Å². The second-order valence-corrected chi connectivity index (χ2v) is 5.71. The van der Waals surface area contributed by atoms with Gasteiger partial charge in [0.2, 0.25) is 0 Å². The molecule has 6 nitrogen and oxygen atoms in total. The molecule has 0 atom stereocenters. The van der Waals surface area contributed by atoms with Crippen LogP contribution in [-0.2, 0) is 17.6 Å². The molecule has 1 amide bonds. The molecule has 0 fully saturated rings. The van der Waals surface area contributed by atoms with E-state index in [0.29, 0.717) is 5.69 Å². The molecule has 1 heterocycles. The highest BCUT2D eigenvalue weighted by molar-refractivity contribution is 6.07. The Morgan fingerprint density at radius 3 is 2.67 bits per heavy atom. The molecule has 0 unspecified atom stereocenters. The quantitative estimate of drug-likeness (QED) is 0.847. The third-order valence-electron chi connectivity index (χ3n) is 4.16. The third-order valence-corrected chi connectivity index (χ3v) is 4.16. The van der Waals surface area contributed by atoms with Crippen LogP contribution in [0.15, 0.2) is 35.1 Å². The van der Waals surface area contributed by atoms with E-state index in [2.05, 4.69) is 10.3 Å². The zero-order valence-corrected chi connectivity index (χ0v) is 13.3. The standard InChI is InChI=1S/C18H18N2O4/c1-24-18(23)12-7-3-5-9-15(12)20-17(22)13-10-11-6-2-4-8-14(11)19-16(13)21/h3,5,7,9-10H,2,4,6,8H2,1H3,(H,19,21)(H,20,22). The highest BCUT2D eigenvalue weighted by Crippen LogP contribution is 2.20. The van der Waals surface area contributed by atoms with E-state index in [0.717, 1.165) is 36.9 Å². The van der Waals surface area contributed by atoms with Crippen LogP contribution in [0.4, 0.5) is 5.69 Å².